The Morgan fingerprint density at radius 3 is 2.60 bits per heavy atom. The van der Waals surface area contributed by atoms with Crippen molar-refractivity contribution in [2.75, 3.05) is 5.32 Å². The fraction of sp³-hybridized carbons (Fsp3) is 0.600. The third-order valence-corrected chi connectivity index (χ3v) is 8.11. The summed E-state index contributed by atoms with van der Waals surface area (Å²) in [5, 5.41) is 3.94. The lowest BCUT2D eigenvalue weighted by Gasteiger charge is -2.64. The van der Waals surface area contributed by atoms with Crippen LogP contribution in [0.4, 0.5) is 5.13 Å². The highest BCUT2D eigenvalue weighted by molar-refractivity contribution is 9.10. The van der Waals surface area contributed by atoms with Gasteiger partial charge < -0.3 is 5.32 Å². The number of anilines is 1. The predicted octanol–water partition coefficient (Wildman–Crippen LogP) is 5.99. The minimum absolute atomic E-state index is 0.179. The van der Waals surface area contributed by atoms with Crippen molar-refractivity contribution >= 4 is 48.5 Å². The largest absolute Gasteiger partial charge is 0.301 e. The number of carbonyl (C=O) groups is 1. The van der Waals surface area contributed by atoms with Crippen LogP contribution in [0.3, 0.4) is 0 Å². The number of fused-ring (bicyclic) bond motifs is 1. The molecule has 1 amide bonds. The second-order valence-electron chi connectivity index (χ2n) is 9.50. The molecule has 4 aliphatic rings. The number of hydrogen-bond donors (Lipinski definition) is 1. The number of carbonyl (C=O) groups excluding carboxylic acids is 1. The molecule has 1 aromatic carbocycles. The first-order valence-corrected chi connectivity index (χ1v) is 10.8. The molecule has 4 aliphatic carbocycles. The van der Waals surface area contributed by atoms with Crippen LogP contribution in [0.2, 0.25) is 0 Å². The summed E-state index contributed by atoms with van der Waals surface area (Å²) >= 11 is 5.07. The van der Waals surface area contributed by atoms with E-state index in [9.17, 15) is 4.79 Å². The van der Waals surface area contributed by atoms with E-state index in [4.69, 9.17) is 0 Å². The highest BCUT2D eigenvalue weighted by Gasteiger charge is 2.62. The molecule has 0 saturated heterocycles. The molecule has 1 aromatic heterocycles. The molecule has 0 aliphatic heterocycles. The van der Waals surface area contributed by atoms with Crippen molar-refractivity contribution in [3.05, 3.63) is 22.7 Å². The molecule has 132 valence electrons. The maximum Gasteiger partial charge on any atom is 0.232 e. The van der Waals surface area contributed by atoms with E-state index in [1.54, 1.807) is 11.3 Å². The molecule has 0 unspecified atom stereocenters. The van der Waals surface area contributed by atoms with Gasteiger partial charge in [0, 0.05) is 4.47 Å². The van der Waals surface area contributed by atoms with Gasteiger partial charge >= 0.3 is 0 Å². The number of aromatic nitrogens is 1. The first-order chi connectivity index (χ1) is 11.8. The van der Waals surface area contributed by atoms with Gasteiger partial charge in [0.05, 0.1) is 15.6 Å². The third-order valence-electron chi connectivity index (χ3n) is 6.68. The maximum atomic E-state index is 13.3. The minimum atomic E-state index is -0.179. The van der Waals surface area contributed by atoms with Crippen LogP contribution in [-0.4, -0.2) is 10.9 Å². The molecule has 3 nitrogen and oxygen atoms in total. The Morgan fingerprint density at radius 2 is 1.92 bits per heavy atom. The molecule has 4 saturated carbocycles. The van der Waals surface area contributed by atoms with Crippen LogP contribution in [-0.2, 0) is 4.79 Å². The topological polar surface area (TPSA) is 42.0 Å². The summed E-state index contributed by atoms with van der Waals surface area (Å²) in [6, 6.07) is 6.06. The van der Waals surface area contributed by atoms with Crippen molar-refractivity contribution in [1.82, 2.24) is 4.98 Å². The van der Waals surface area contributed by atoms with Crippen LogP contribution in [0.5, 0.6) is 0 Å². The second kappa shape index (κ2) is 5.07. The number of amides is 1. The molecule has 1 heterocycles. The van der Waals surface area contributed by atoms with Crippen molar-refractivity contribution in [2.45, 2.75) is 52.4 Å². The lowest BCUT2D eigenvalue weighted by atomic mass is 9.40. The molecule has 4 bridgehead atoms. The standard InChI is InChI=1S/C20H23BrN2OS/c1-18-6-12-7-19(2,9-18)11-20(8-12,10-18)16(24)23-17-22-14-4-3-13(21)5-15(14)25-17/h3-5,12H,6-11H2,1-2H3,(H,22,23,24)/t12?,18-,19-,20?/m0/s1. The summed E-state index contributed by atoms with van der Waals surface area (Å²) in [4.78, 5) is 18.0. The molecule has 2 aromatic rings. The normalized spacial score (nSPS) is 39.1. The van der Waals surface area contributed by atoms with Gasteiger partial charge in [0.15, 0.2) is 5.13 Å². The van der Waals surface area contributed by atoms with Crippen LogP contribution < -0.4 is 5.32 Å². The molecule has 25 heavy (non-hydrogen) atoms. The number of thiazole rings is 1. The Morgan fingerprint density at radius 1 is 1.20 bits per heavy atom. The van der Waals surface area contributed by atoms with Crippen LogP contribution in [0.25, 0.3) is 10.2 Å². The van der Waals surface area contributed by atoms with Crippen molar-refractivity contribution in [1.29, 1.82) is 0 Å². The number of nitrogens with zero attached hydrogens (tertiary/aromatic N) is 1. The van der Waals surface area contributed by atoms with Crippen LogP contribution in [0.1, 0.15) is 52.4 Å². The zero-order valence-electron chi connectivity index (χ0n) is 14.7. The lowest BCUT2D eigenvalue weighted by Crippen LogP contribution is -2.58. The smallest absolute Gasteiger partial charge is 0.232 e. The van der Waals surface area contributed by atoms with Gasteiger partial charge in [-0.3, -0.25) is 4.79 Å². The second-order valence-corrected chi connectivity index (χ2v) is 11.4. The summed E-state index contributed by atoms with van der Waals surface area (Å²) in [6.45, 7) is 4.82. The predicted molar refractivity (Wildman–Crippen MR) is 106 cm³/mol. The van der Waals surface area contributed by atoms with Crippen LogP contribution >= 0.6 is 27.3 Å². The molecule has 5 heteroatoms. The molecular formula is C20H23BrN2OS. The Balaban J connectivity index is 1.45. The Hall–Kier alpha value is -0.940. The molecular weight excluding hydrogens is 396 g/mol. The van der Waals surface area contributed by atoms with Gasteiger partial charge in [0.2, 0.25) is 5.91 Å². The van der Waals surface area contributed by atoms with Gasteiger partial charge in [-0.25, -0.2) is 4.98 Å². The zero-order valence-corrected chi connectivity index (χ0v) is 17.1. The van der Waals surface area contributed by atoms with Gasteiger partial charge in [-0.1, -0.05) is 41.1 Å². The summed E-state index contributed by atoms with van der Waals surface area (Å²) in [6.07, 6.45) is 7.09. The van der Waals surface area contributed by atoms with Crippen molar-refractivity contribution < 1.29 is 4.79 Å². The number of hydrogen-bond acceptors (Lipinski definition) is 3. The molecule has 6 rings (SSSR count). The summed E-state index contributed by atoms with van der Waals surface area (Å²) in [5.41, 5.74) is 1.47. The average Bonchev–Trinajstić information content (AvgIpc) is 2.84. The Labute approximate surface area is 160 Å². The van der Waals surface area contributed by atoms with Crippen LogP contribution in [0.15, 0.2) is 22.7 Å². The number of nitrogens with one attached hydrogen (secondary N) is 1. The highest BCUT2D eigenvalue weighted by Crippen LogP contribution is 2.69. The van der Waals surface area contributed by atoms with E-state index < -0.39 is 0 Å². The van der Waals surface area contributed by atoms with E-state index in [0.29, 0.717) is 10.8 Å². The average molecular weight is 419 g/mol. The van der Waals surface area contributed by atoms with Gasteiger partial charge in [0.25, 0.3) is 0 Å². The van der Waals surface area contributed by atoms with Crippen molar-refractivity contribution in [2.24, 2.45) is 22.2 Å². The quantitative estimate of drug-likeness (QED) is 0.649. The van der Waals surface area contributed by atoms with E-state index in [1.807, 2.05) is 12.1 Å². The van der Waals surface area contributed by atoms with E-state index in [2.05, 4.69) is 46.1 Å². The monoisotopic (exact) mass is 418 g/mol. The third kappa shape index (κ3) is 2.57. The molecule has 0 radical (unpaired) electrons. The first kappa shape index (κ1) is 16.2. The number of halogens is 1. The summed E-state index contributed by atoms with van der Waals surface area (Å²) in [5.74, 6) is 0.940. The van der Waals surface area contributed by atoms with E-state index in [-0.39, 0.29) is 11.3 Å². The van der Waals surface area contributed by atoms with Gasteiger partial charge in [-0.2, -0.15) is 0 Å². The number of benzene rings is 1. The SMILES string of the molecule is C[C@@]12CC3CC(C(=O)Nc4nc5ccc(Br)cc5s4)(C1)C[C@@](C)(C3)C2. The number of rotatable bonds is 2. The van der Waals surface area contributed by atoms with E-state index >= 15 is 0 Å². The molecule has 0 spiro atoms. The minimum Gasteiger partial charge on any atom is -0.301 e. The van der Waals surface area contributed by atoms with Gasteiger partial charge in [0.1, 0.15) is 0 Å². The van der Waals surface area contributed by atoms with Gasteiger partial charge in [-0.05, 0) is 73.5 Å². The first-order valence-electron chi connectivity index (χ1n) is 9.14. The summed E-state index contributed by atoms with van der Waals surface area (Å²) in [7, 11) is 0. The maximum absolute atomic E-state index is 13.3. The fourth-order valence-electron chi connectivity index (χ4n) is 6.88. The summed E-state index contributed by atoms with van der Waals surface area (Å²) < 4.78 is 2.15. The molecule has 4 fully saturated rings. The molecule has 2 atom stereocenters. The van der Waals surface area contributed by atoms with Crippen molar-refractivity contribution in [3.8, 4) is 0 Å². The zero-order chi connectivity index (χ0) is 17.4. The van der Waals surface area contributed by atoms with E-state index in [0.717, 1.165) is 45.0 Å². The lowest BCUT2D eigenvalue weighted by molar-refractivity contribution is -0.165. The van der Waals surface area contributed by atoms with Crippen LogP contribution in [0, 0.1) is 22.2 Å². The molecule has 1 N–H and O–H groups in total. The van der Waals surface area contributed by atoms with Gasteiger partial charge in [-0.15, -0.1) is 0 Å². The highest BCUT2D eigenvalue weighted by atomic mass is 79.9. The Kier molecular flexibility index (Phi) is 3.29. The van der Waals surface area contributed by atoms with Crippen molar-refractivity contribution in [3.63, 3.8) is 0 Å². The fourth-order valence-corrected chi connectivity index (χ4v) is 8.30. The Bertz CT molecular complexity index is 873. The van der Waals surface area contributed by atoms with E-state index in [1.165, 1.54) is 19.3 Å².